The summed E-state index contributed by atoms with van der Waals surface area (Å²) in [6, 6.07) is 11.0. The number of imidazole rings is 2. The van der Waals surface area contributed by atoms with Crippen LogP contribution in [-0.4, -0.2) is 24.4 Å². The van der Waals surface area contributed by atoms with E-state index in [1.807, 2.05) is 18.2 Å². The van der Waals surface area contributed by atoms with Gasteiger partial charge in [-0.3, -0.25) is 10.2 Å². The van der Waals surface area contributed by atoms with E-state index in [0.717, 1.165) is 14.8 Å². The van der Waals surface area contributed by atoms with Gasteiger partial charge < -0.3 is 28.5 Å². The van der Waals surface area contributed by atoms with Crippen molar-refractivity contribution in [1.82, 2.24) is 29.5 Å². The van der Waals surface area contributed by atoms with Gasteiger partial charge in [0, 0.05) is 49.1 Å². The second kappa shape index (κ2) is 17.0. The number of rotatable bonds is 3. The molecule has 1 radical (unpaired) electrons. The van der Waals surface area contributed by atoms with Gasteiger partial charge in [0.05, 0.1) is 19.8 Å². The zero-order valence-electron chi connectivity index (χ0n) is 29.6. The van der Waals surface area contributed by atoms with Gasteiger partial charge in [0.2, 0.25) is 12.7 Å². The molecule has 0 atom stereocenters. The summed E-state index contributed by atoms with van der Waals surface area (Å²) in [5, 5.41) is 10.8. The molecule has 0 amide bonds. The maximum Gasteiger partial charge on any atom is 0.370 e. The summed E-state index contributed by atoms with van der Waals surface area (Å²) in [6.07, 6.45) is -11.1. The van der Waals surface area contributed by atoms with E-state index in [1.54, 1.807) is 54.2 Å². The molecule has 6 rings (SSSR count). The monoisotopic (exact) mass is 980 g/mol. The quantitative estimate of drug-likeness (QED) is 0.104. The molecule has 4 aromatic heterocycles. The Morgan fingerprint density at radius 2 is 1.07 bits per heavy atom. The van der Waals surface area contributed by atoms with Gasteiger partial charge in [0.1, 0.15) is 0 Å². The normalized spacial score (nSPS) is 12.0. The molecule has 21 heteroatoms. The van der Waals surface area contributed by atoms with Crippen LogP contribution < -0.4 is 14.2 Å². The summed E-state index contributed by atoms with van der Waals surface area (Å²) >= 11 is 0. The molecule has 0 unspecified atom stereocenters. The fraction of sp³-hybridized carbons (Fsp3) is 0.286. The van der Waals surface area contributed by atoms with Gasteiger partial charge in [0.25, 0.3) is 0 Å². The fourth-order valence-electron chi connectivity index (χ4n) is 4.76. The van der Waals surface area contributed by atoms with Gasteiger partial charge in [-0.15, -0.1) is 0 Å². The van der Waals surface area contributed by atoms with Gasteiger partial charge in [-0.1, -0.05) is 45.9 Å². The molecule has 0 saturated carbocycles. The summed E-state index contributed by atoms with van der Waals surface area (Å²) in [4.78, 5) is 4.08. The van der Waals surface area contributed by atoms with Crippen LogP contribution >= 0.6 is 0 Å². The van der Waals surface area contributed by atoms with Gasteiger partial charge in [-0.25, -0.2) is 0 Å². The van der Waals surface area contributed by atoms with Gasteiger partial charge in [-0.05, 0) is 45.5 Å². The molecule has 0 aliphatic rings. The third-order valence-electron chi connectivity index (χ3n) is 8.09. The van der Waals surface area contributed by atoms with Crippen molar-refractivity contribution in [3.63, 3.8) is 0 Å². The molecule has 0 N–H and O–H groups in total. The number of pyridine rings is 1. The summed E-state index contributed by atoms with van der Waals surface area (Å²) < 4.78 is 160. The molecule has 56 heavy (non-hydrogen) atoms. The molecule has 6 aromatic rings. The molecule has 8 nitrogen and oxygen atoms in total. The minimum Gasteiger partial charge on any atom is -0.358 e. The number of halogens is 12. The van der Waals surface area contributed by atoms with E-state index in [-0.39, 0.29) is 32.2 Å². The zero-order chi connectivity index (χ0) is 41.3. The number of nitrogens with zero attached hydrogens (tertiary/aromatic N) is 8. The predicted octanol–water partition coefficient (Wildman–Crippen LogP) is 7.61. The molecule has 0 aliphatic heterocycles. The molecule has 0 fully saturated rings. The van der Waals surface area contributed by atoms with Crippen LogP contribution in [0.2, 0.25) is 0 Å². The summed E-state index contributed by atoms with van der Waals surface area (Å²) in [5.41, 5.74) is -2.96. The Balaban J connectivity index is 0.000000235. The largest absolute Gasteiger partial charge is 0.370 e. The Hall–Kier alpha value is -5.04. The molecule has 2 aromatic carbocycles. The van der Waals surface area contributed by atoms with E-state index in [4.69, 9.17) is 0 Å². The van der Waals surface area contributed by atoms with Crippen LogP contribution in [0.1, 0.15) is 45.0 Å². The minimum absolute atomic E-state index is 0. The van der Waals surface area contributed by atoms with E-state index in [2.05, 4.69) is 45.2 Å². The number of aromatic nitrogens is 8. The van der Waals surface area contributed by atoms with E-state index in [1.165, 1.54) is 9.13 Å². The fourth-order valence-corrected chi connectivity index (χ4v) is 4.76. The first-order valence-corrected chi connectivity index (χ1v) is 15.4. The third-order valence-corrected chi connectivity index (χ3v) is 8.09. The van der Waals surface area contributed by atoms with E-state index in [9.17, 15) is 52.7 Å². The van der Waals surface area contributed by atoms with Crippen molar-refractivity contribution < 1.29 is 81.9 Å². The minimum atomic E-state index is -4.94. The Labute approximate surface area is 324 Å². The third kappa shape index (κ3) is 10.4. The SMILES string of the molecule is Cc1c(C)[n+](C)[c-]n1-c1[c-]cc(C(F)(F)F)cc1C(F)(F)F.Cc1c(C)[n+](C)[c-]n1-c1[c-]cc(C(F)(F)F)cc1C(F)(F)F.[Ir].c1ccc(-c2cnn[n-]2)nc1. The van der Waals surface area contributed by atoms with Crippen molar-refractivity contribution in [2.45, 2.75) is 52.4 Å². The molecule has 303 valence electrons. The maximum absolute atomic E-state index is 13.1. The van der Waals surface area contributed by atoms with E-state index < -0.39 is 58.3 Å². The number of alkyl halides is 12. The molecule has 0 aliphatic carbocycles. The topological polar surface area (TPSA) is 70.4 Å². The van der Waals surface area contributed by atoms with Crippen LogP contribution in [-0.2, 0) is 58.9 Å². The van der Waals surface area contributed by atoms with Gasteiger partial charge in [-0.2, -0.15) is 89.1 Å². The van der Waals surface area contributed by atoms with Crippen molar-refractivity contribution in [3.05, 3.63) is 125 Å². The molecule has 0 bridgehead atoms. The van der Waals surface area contributed by atoms with Crippen LogP contribution in [0.25, 0.3) is 22.8 Å². The van der Waals surface area contributed by atoms with Crippen LogP contribution in [0.15, 0.2) is 54.9 Å². The Morgan fingerprint density at radius 3 is 1.36 bits per heavy atom. The van der Waals surface area contributed by atoms with Crippen LogP contribution in [0, 0.1) is 52.5 Å². The number of hydrogen-bond acceptors (Lipinski definition) is 3. The Kier molecular flexibility index (Phi) is 13.8. The average Bonchev–Trinajstić information content (AvgIpc) is 3.80. The maximum atomic E-state index is 13.1. The van der Waals surface area contributed by atoms with Gasteiger partial charge >= 0.3 is 24.7 Å². The Morgan fingerprint density at radius 1 is 0.643 bits per heavy atom. The van der Waals surface area contributed by atoms with Crippen molar-refractivity contribution >= 4 is 0 Å². The van der Waals surface area contributed by atoms with Crippen molar-refractivity contribution in [2.75, 3.05) is 0 Å². The van der Waals surface area contributed by atoms with E-state index in [0.29, 0.717) is 40.6 Å². The van der Waals surface area contributed by atoms with Crippen molar-refractivity contribution in [2.24, 2.45) is 14.1 Å². The second-order valence-electron chi connectivity index (χ2n) is 11.7. The first-order valence-electron chi connectivity index (χ1n) is 15.4. The molecule has 0 saturated heterocycles. The van der Waals surface area contributed by atoms with Crippen LogP contribution in [0.4, 0.5) is 52.7 Å². The van der Waals surface area contributed by atoms with Crippen LogP contribution in [0.3, 0.4) is 0 Å². The second-order valence-corrected chi connectivity index (χ2v) is 11.7. The predicted molar refractivity (Wildman–Crippen MR) is 167 cm³/mol. The van der Waals surface area contributed by atoms with Crippen molar-refractivity contribution in [3.8, 4) is 22.8 Å². The van der Waals surface area contributed by atoms with E-state index >= 15 is 0 Å². The first kappa shape index (κ1) is 45.3. The number of hydrogen-bond donors (Lipinski definition) is 0. The standard InChI is InChI=1S/2C14H11F6N2.C7H5N4.Ir/c2*1-8-9(2)22(7-21(8)3)12-5-4-10(13(15,16)17)6-11(12)14(18,19)20;1-2-4-8-6(3-1)7-5-9-11-10-7;/h2*4,6H,1-3H3;1-5H;/q3*-1;. The Bertz CT molecular complexity index is 2110. The van der Waals surface area contributed by atoms with Crippen molar-refractivity contribution in [1.29, 1.82) is 0 Å². The molecular formula is C35H27F12IrN8-3. The smallest absolute Gasteiger partial charge is 0.358 e. The summed E-state index contributed by atoms with van der Waals surface area (Å²) in [5.74, 6) is 0. The molecule has 4 heterocycles. The number of benzene rings is 2. The zero-order valence-corrected chi connectivity index (χ0v) is 32.0. The summed E-state index contributed by atoms with van der Waals surface area (Å²) in [7, 11) is 3.16. The number of aryl methyl sites for hydroxylation is 2. The molecule has 0 spiro atoms. The molecular weight excluding hydrogens is 953 g/mol. The average molecular weight is 980 g/mol. The van der Waals surface area contributed by atoms with Crippen LogP contribution in [0.5, 0.6) is 0 Å². The first-order chi connectivity index (χ1) is 25.3. The van der Waals surface area contributed by atoms with Gasteiger partial charge in [0.15, 0.2) is 0 Å². The summed E-state index contributed by atoms with van der Waals surface area (Å²) in [6.45, 7) is 6.44.